The molecular weight excluding hydrogens is 332 g/mol. The van der Waals surface area contributed by atoms with Crippen molar-refractivity contribution in [3.63, 3.8) is 0 Å². The van der Waals surface area contributed by atoms with Crippen LogP contribution in [-0.2, 0) is 13.1 Å². The van der Waals surface area contributed by atoms with Crippen molar-refractivity contribution in [1.29, 1.82) is 0 Å². The average molecular weight is 358 g/mol. The van der Waals surface area contributed by atoms with E-state index in [9.17, 15) is 4.79 Å². The van der Waals surface area contributed by atoms with Gasteiger partial charge in [-0.05, 0) is 26.3 Å². The summed E-state index contributed by atoms with van der Waals surface area (Å²) in [4.78, 5) is 18.7. The molecule has 2 aromatic rings. The Labute approximate surface area is 153 Å². The van der Waals surface area contributed by atoms with Crippen molar-refractivity contribution >= 4 is 6.03 Å². The molecule has 0 atom stereocenters. The van der Waals surface area contributed by atoms with E-state index in [2.05, 4.69) is 14.9 Å². The van der Waals surface area contributed by atoms with Gasteiger partial charge >= 0.3 is 6.03 Å². The molecule has 0 fully saturated rings. The Balaban J connectivity index is 1.62. The maximum Gasteiger partial charge on any atom is 0.317 e. The molecule has 0 saturated carbocycles. The zero-order chi connectivity index (χ0) is 18.5. The summed E-state index contributed by atoms with van der Waals surface area (Å²) in [5.41, 5.74) is 3.11. The van der Waals surface area contributed by atoms with E-state index in [1.807, 2.05) is 43.3 Å². The van der Waals surface area contributed by atoms with Crippen LogP contribution in [0.25, 0.3) is 0 Å². The maximum absolute atomic E-state index is 12.6. The predicted molar refractivity (Wildman–Crippen MR) is 98.6 cm³/mol. The number of fused-ring (bicyclic) bond motifs is 1. The van der Waals surface area contributed by atoms with Crippen molar-refractivity contribution in [2.75, 3.05) is 26.8 Å². The number of carbonyl (C=O) groups is 1. The lowest BCUT2D eigenvalue weighted by Crippen LogP contribution is -2.42. The second-order valence-electron chi connectivity index (χ2n) is 6.41. The van der Waals surface area contributed by atoms with E-state index in [-0.39, 0.29) is 6.03 Å². The van der Waals surface area contributed by atoms with E-state index in [0.29, 0.717) is 38.5 Å². The lowest BCUT2D eigenvalue weighted by molar-refractivity contribution is 0.179. The molecule has 7 nitrogen and oxygen atoms in total. The molecule has 1 aromatic carbocycles. The van der Waals surface area contributed by atoms with Crippen molar-refractivity contribution in [2.24, 2.45) is 0 Å². The number of benzene rings is 1. The van der Waals surface area contributed by atoms with Gasteiger partial charge in [0.15, 0.2) is 11.5 Å². The third-order valence-corrected chi connectivity index (χ3v) is 4.72. The van der Waals surface area contributed by atoms with Gasteiger partial charge in [0.2, 0.25) is 0 Å². The van der Waals surface area contributed by atoms with E-state index in [1.54, 1.807) is 7.11 Å². The summed E-state index contributed by atoms with van der Waals surface area (Å²) in [6.07, 6.45) is 2.59. The molecule has 0 radical (unpaired) electrons. The van der Waals surface area contributed by atoms with Gasteiger partial charge in [-0.1, -0.05) is 12.1 Å². The molecule has 1 N–H and O–H groups in total. The van der Waals surface area contributed by atoms with Crippen LogP contribution in [0.3, 0.4) is 0 Å². The van der Waals surface area contributed by atoms with E-state index < -0.39 is 0 Å². The lowest BCUT2D eigenvalue weighted by Gasteiger charge is -2.27. The Morgan fingerprint density at radius 1 is 1.38 bits per heavy atom. The van der Waals surface area contributed by atoms with Gasteiger partial charge in [0.05, 0.1) is 32.3 Å². The van der Waals surface area contributed by atoms with E-state index in [0.717, 1.165) is 29.1 Å². The minimum atomic E-state index is -0.0600. The quantitative estimate of drug-likeness (QED) is 0.912. The fraction of sp³-hybridized carbons (Fsp3) is 0.474. The fourth-order valence-electron chi connectivity index (χ4n) is 3.06. The Morgan fingerprint density at radius 2 is 2.23 bits per heavy atom. The monoisotopic (exact) mass is 358 g/mol. The van der Waals surface area contributed by atoms with Gasteiger partial charge in [-0.2, -0.15) is 0 Å². The molecule has 3 rings (SSSR count). The molecule has 1 aromatic heterocycles. The van der Waals surface area contributed by atoms with Crippen LogP contribution in [0.2, 0.25) is 0 Å². The van der Waals surface area contributed by atoms with Crippen molar-refractivity contribution in [3.05, 3.63) is 41.5 Å². The van der Waals surface area contributed by atoms with Crippen LogP contribution < -0.4 is 14.8 Å². The Morgan fingerprint density at radius 3 is 2.96 bits per heavy atom. The Bertz CT molecular complexity index is 772. The maximum atomic E-state index is 12.6. The normalized spacial score (nSPS) is 14.0. The van der Waals surface area contributed by atoms with Gasteiger partial charge < -0.3 is 24.3 Å². The van der Waals surface area contributed by atoms with Crippen LogP contribution in [0.5, 0.6) is 11.5 Å². The first-order chi connectivity index (χ1) is 12.6. The molecule has 0 aliphatic carbocycles. The highest BCUT2D eigenvalue weighted by molar-refractivity contribution is 5.74. The zero-order valence-corrected chi connectivity index (χ0v) is 15.6. The molecule has 1 aliphatic rings. The number of ether oxygens (including phenoxy) is 2. The summed E-state index contributed by atoms with van der Waals surface area (Å²) in [6, 6.07) is 5.71. The molecule has 0 unspecified atom stereocenters. The van der Waals surface area contributed by atoms with Crippen LogP contribution in [0.4, 0.5) is 4.79 Å². The number of rotatable bonds is 4. The lowest BCUT2D eigenvalue weighted by atomic mass is 10.1. The Kier molecular flexibility index (Phi) is 5.65. The first-order valence-corrected chi connectivity index (χ1v) is 8.90. The van der Waals surface area contributed by atoms with Crippen LogP contribution in [0, 0.1) is 13.8 Å². The number of hydrogen-bond donors (Lipinski definition) is 1. The van der Waals surface area contributed by atoms with Gasteiger partial charge in [0, 0.05) is 30.9 Å². The minimum Gasteiger partial charge on any atom is -0.493 e. The number of urea groups is 1. The number of carbonyl (C=O) groups excluding carboxylic acids is 1. The van der Waals surface area contributed by atoms with E-state index in [1.165, 1.54) is 0 Å². The van der Waals surface area contributed by atoms with Gasteiger partial charge in [-0.15, -0.1) is 0 Å². The van der Waals surface area contributed by atoms with Crippen molar-refractivity contribution in [3.8, 4) is 11.5 Å². The molecule has 7 heteroatoms. The van der Waals surface area contributed by atoms with Crippen LogP contribution in [-0.4, -0.2) is 47.3 Å². The number of nitrogens with zero attached hydrogens (tertiary/aromatic N) is 3. The summed E-state index contributed by atoms with van der Waals surface area (Å²) in [6.45, 7) is 7.01. The number of nitrogens with one attached hydrogen (secondary N) is 1. The summed E-state index contributed by atoms with van der Waals surface area (Å²) < 4.78 is 13.3. The van der Waals surface area contributed by atoms with Crippen LogP contribution in [0.15, 0.2) is 24.5 Å². The fourth-order valence-corrected chi connectivity index (χ4v) is 3.06. The van der Waals surface area contributed by atoms with Crippen molar-refractivity contribution < 1.29 is 14.3 Å². The number of para-hydroxylation sites is 1. The number of hydrogen-bond acceptors (Lipinski definition) is 4. The van der Waals surface area contributed by atoms with Gasteiger partial charge in [-0.3, -0.25) is 0 Å². The van der Waals surface area contributed by atoms with Gasteiger partial charge in [0.25, 0.3) is 0 Å². The number of amides is 2. The second kappa shape index (κ2) is 8.12. The Hall–Kier alpha value is -2.70. The molecule has 0 saturated heterocycles. The summed E-state index contributed by atoms with van der Waals surface area (Å²) in [5, 5.41) is 3.01. The van der Waals surface area contributed by atoms with Gasteiger partial charge in [0.1, 0.15) is 0 Å². The first kappa shape index (κ1) is 18.1. The average Bonchev–Trinajstić information content (AvgIpc) is 2.94. The summed E-state index contributed by atoms with van der Waals surface area (Å²) in [5.74, 6) is 1.44. The molecule has 1 aliphatic heterocycles. The number of aryl methyl sites for hydroxylation is 1. The SMILES string of the molecule is COc1cccc2c1OCCCN(C(=O)NCCn1cnc(C)c1C)C2. The van der Waals surface area contributed by atoms with Crippen LogP contribution in [0.1, 0.15) is 23.4 Å². The predicted octanol–water partition coefficient (Wildman–Crippen LogP) is 2.50. The van der Waals surface area contributed by atoms with Crippen LogP contribution >= 0.6 is 0 Å². The highest BCUT2D eigenvalue weighted by Gasteiger charge is 2.20. The standard InChI is InChI=1S/C19H26N4O3/c1-14-15(2)23(13-21-14)10-8-20-19(24)22-9-5-11-26-18-16(12-22)6-4-7-17(18)25-3/h4,6-7,13H,5,8-12H2,1-3H3,(H,20,24). The third-order valence-electron chi connectivity index (χ3n) is 4.72. The largest absolute Gasteiger partial charge is 0.493 e. The molecule has 2 heterocycles. The summed E-state index contributed by atoms with van der Waals surface area (Å²) in [7, 11) is 1.63. The summed E-state index contributed by atoms with van der Waals surface area (Å²) >= 11 is 0. The molecule has 2 amide bonds. The zero-order valence-electron chi connectivity index (χ0n) is 15.6. The highest BCUT2D eigenvalue weighted by atomic mass is 16.5. The van der Waals surface area contributed by atoms with Crippen molar-refractivity contribution in [2.45, 2.75) is 33.4 Å². The van der Waals surface area contributed by atoms with Crippen molar-refractivity contribution in [1.82, 2.24) is 19.8 Å². The molecular formula is C19H26N4O3. The van der Waals surface area contributed by atoms with E-state index >= 15 is 0 Å². The molecule has 26 heavy (non-hydrogen) atoms. The topological polar surface area (TPSA) is 68.6 Å². The second-order valence-corrected chi connectivity index (χ2v) is 6.41. The molecule has 0 spiro atoms. The van der Waals surface area contributed by atoms with E-state index in [4.69, 9.17) is 9.47 Å². The number of imidazole rings is 1. The number of methoxy groups -OCH3 is 1. The molecule has 0 bridgehead atoms. The molecule has 140 valence electrons. The minimum absolute atomic E-state index is 0.0600. The highest BCUT2D eigenvalue weighted by Crippen LogP contribution is 2.33. The smallest absolute Gasteiger partial charge is 0.317 e. The van der Waals surface area contributed by atoms with Gasteiger partial charge in [-0.25, -0.2) is 9.78 Å². The third kappa shape index (κ3) is 3.92. The first-order valence-electron chi connectivity index (χ1n) is 8.90. The number of aromatic nitrogens is 2.